The van der Waals surface area contributed by atoms with E-state index in [2.05, 4.69) is 46.7 Å². The van der Waals surface area contributed by atoms with Gasteiger partial charge in [0.05, 0.1) is 6.54 Å². The SMILES string of the molecule is C[C@H](NCC(=O)Nc1ccc(N2CCCC2)cc1)c1ccccc1. The lowest BCUT2D eigenvalue weighted by Crippen LogP contribution is -2.30. The molecule has 1 saturated heterocycles. The third kappa shape index (κ3) is 4.36. The Kier molecular flexibility index (Phi) is 5.49. The number of carbonyl (C=O) groups is 1. The Balaban J connectivity index is 1.48. The summed E-state index contributed by atoms with van der Waals surface area (Å²) in [4.78, 5) is 14.5. The van der Waals surface area contributed by atoms with Gasteiger partial charge in [-0.25, -0.2) is 0 Å². The van der Waals surface area contributed by atoms with Gasteiger partial charge in [-0.1, -0.05) is 30.3 Å². The molecule has 1 aliphatic rings. The fourth-order valence-corrected chi connectivity index (χ4v) is 3.04. The average Bonchev–Trinajstić information content (AvgIpc) is 3.16. The molecule has 2 aromatic carbocycles. The van der Waals surface area contributed by atoms with Crippen molar-refractivity contribution in [2.24, 2.45) is 0 Å². The molecule has 0 spiro atoms. The van der Waals surface area contributed by atoms with Gasteiger partial charge in [-0.3, -0.25) is 4.79 Å². The lowest BCUT2D eigenvalue weighted by Gasteiger charge is -2.18. The molecule has 4 nitrogen and oxygen atoms in total. The monoisotopic (exact) mass is 323 g/mol. The smallest absolute Gasteiger partial charge is 0.238 e. The van der Waals surface area contributed by atoms with Crippen LogP contribution in [0.5, 0.6) is 0 Å². The van der Waals surface area contributed by atoms with Crippen molar-refractivity contribution in [2.45, 2.75) is 25.8 Å². The van der Waals surface area contributed by atoms with Crippen molar-refractivity contribution >= 4 is 17.3 Å². The van der Waals surface area contributed by atoms with Crippen molar-refractivity contribution < 1.29 is 4.79 Å². The van der Waals surface area contributed by atoms with E-state index in [0.29, 0.717) is 6.54 Å². The second-order valence-corrected chi connectivity index (χ2v) is 6.30. The minimum Gasteiger partial charge on any atom is -0.372 e. The van der Waals surface area contributed by atoms with Gasteiger partial charge in [0.15, 0.2) is 0 Å². The van der Waals surface area contributed by atoms with Crippen molar-refractivity contribution in [3.05, 3.63) is 60.2 Å². The highest BCUT2D eigenvalue weighted by molar-refractivity contribution is 5.92. The minimum atomic E-state index is -0.0216. The van der Waals surface area contributed by atoms with Gasteiger partial charge < -0.3 is 15.5 Å². The van der Waals surface area contributed by atoms with Gasteiger partial charge in [0, 0.05) is 30.5 Å². The van der Waals surface area contributed by atoms with Crippen LogP contribution in [0.2, 0.25) is 0 Å². The predicted molar refractivity (Wildman–Crippen MR) is 99.4 cm³/mol. The van der Waals surface area contributed by atoms with E-state index in [1.54, 1.807) is 0 Å². The zero-order valence-electron chi connectivity index (χ0n) is 14.2. The highest BCUT2D eigenvalue weighted by Crippen LogP contribution is 2.22. The van der Waals surface area contributed by atoms with E-state index in [-0.39, 0.29) is 11.9 Å². The summed E-state index contributed by atoms with van der Waals surface area (Å²) in [5.74, 6) is -0.0216. The number of hydrogen-bond acceptors (Lipinski definition) is 3. The first-order valence-electron chi connectivity index (χ1n) is 8.65. The summed E-state index contributed by atoms with van der Waals surface area (Å²) in [6, 6.07) is 18.4. The van der Waals surface area contributed by atoms with Gasteiger partial charge in [0.1, 0.15) is 0 Å². The molecule has 1 atom stereocenters. The summed E-state index contributed by atoms with van der Waals surface area (Å²) in [7, 11) is 0. The maximum Gasteiger partial charge on any atom is 0.238 e. The van der Waals surface area contributed by atoms with Crippen LogP contribution in [0.1, 0.15) is 31.4 Å². The van der Waals surface area contributed by atoms with E-state index >= 15 is 0 Å². The fraction of sp³-hybridized carbons (Fsp3) is 0.350. The average molecular weight is 323 g/mol. The van der Waals surface area contributed by atoms with Crippen LogP contribution in [0, 0.1) is 0 Å². The lowest BCUT2D eigenvalue weighted by atomic mass is 10.1. The van der Waals surface area contributed by atoms with Crippen LogP contribution in [0.4, 0.5) is 11.4 Å². The van der Waals surface area contributed by atoms with E-state index in [9.17, 15) is 4.79 Å². The van der Waals surface area contributed by atoms with Crippen molar-refractivity contribution in [3.63, 3.8) is 0 Å². The fourth-order valence-electron chi connectivity index (χ4n) is 3.04. The summed E-state index contributed by atoms with van der Waals surface area (Å²) in [6.45, 7) is 4.62. The van der Waals surface area contributed by atoms with E-state index in [1.165, 1.54) is 24.1 Å². The standard InChI is InChI=1S/C20H25N3O/c1-16(17-7-3-2-4-8-17)21-15-20(24)22-18-9-11-19(12-10-18)23-13-5-6-14-23/h2-4,7-12,16,21H,5-6,13-15H2,1H3,(H,22,24)/t16-/m0/s1. The second kappa shape index (κ2) is 7.97. The number of hydrogen-bond donors (Lipinski definition) is 2. The van der Waals surface area contributed by atoms with E-state index < -0.39 is 0 Å². The molecule has 4 heteroatoms. The molecular weight excluding hydrogens is 298 g/mol. The third-order valence-electron chi connectivity index (χ3n) is 4.49. The Bertz CT molecular complexity index is 648. The first kappa shape index (κ1) is 16.5. The Morgan fingerprint density at radius 2 is 1.71 bits per heavy atom. The van der Waals surface area contributed by atoms with Gasteiger partial charge in [-0.15, -0.1) is 0 Å². The highest BCUT2D eigenvalue weighted by Gasteiger charge is 2.12. The van der Waals surface area contributed by atoms with Gasteiger partial charge in [-0.05, 0) is 49.6 Å². The second-order valence-electron chi connectivity index (χ2n) is 6.30. The first-order chi connectivity index (χ1) is 11.7. The van der Waals surface area contributed by atoms with E-state index in [1.807, 2.05) is 30.3 Å². The van der Waals surface area contributed by atoms with Crippen molar-refractivity contribution in [2.75, 3.05) is 29.9 Å². The lowest BCUT2D eigenvalue weighted by molar-refractivity contribution is -0.115. The number of amides is 1. The molecule has 0 unspecified atom stereocenters. The van der Waals surface area contributed by atoms with Crippen LogP contribution in [0.3, 0.4) is 0 Å². The van der Waals surface area contributed by atoms with E-state index in [4.69, 9.17) is 0 Å². The molecule has 0 radical (unpaired) electrons. The Morgan fingerprint density at radius 1 is 1.04 bits per heavy atom. The summed E-state index contributed by atoms with van der Waals surface area (Å²) < 4.78 is 0. The number of rotatable bonds is 6. The molecule has 0 bridgehead atoms. The maximum atomic E-state index is 12.1. The number of benzene rings is 2. The Morgan fingerprint density at radius 3 is 2.38 bits per heavy atom. The topological polar surface area (TPSA) is 44.4 Å². The van der Waals surface area contributed by atoms with Crippen LogP contribution >= 0.6 is 0 Å². The zero-order chi connectivity index (χ0) is 16.8. The van der Waals surface area contributed by atoms with Gasteiger partial charge >= 0.3 is 0 Å². The number of carbonyl (C=O) groups excluding carboxylic acids is 1. The molecule has 1 heterocycles. The summed E-state index contributed by atoms with van der Waals surface area (Å²) in [6.07, 6.45) is 2.54. The molecule has 1 fully saturated rings. The van der Waals surface area contributed by atoms with Crippen LogP contribution in [-0.2, 0) is 4.79 Å². The quantitative estimate of drug-likeness (QED) is 0.854. The third-order valence-corrected chi connectivity index (χ3v) is 4.49. The van der Waals surface area contributed by atoms with Gasteiger partial charge in [-0.2, -0.15) is 0 Å². The molecule has 0 aliphatic carbocycles. The van der Waals surface area contributed by atoms with Crippen LogP contribution in [0.15, 0.2) is 54.6 Å². The maximum absolute atomic E-state index is 12.1. The van der Waals surface area contributed by atoms with E-state index in [0.717, 1.165) is 18.8 Å². The van der Waals surface area contributed by atoms with Crippen LogP contribution in [0.25, 0.3) is 0 Å². The zero-order valence-corrected chi connectivity index (χ0v) is 14.2. The number of nitrogens with one attached hydrogen (secondary N) is 2. The number of anilines is 2. The summed E-state index contributed by atoms with van der Waals surface area (Å²) in [5.41, 5.74) is 3.26. The Labute approximate surface area is 143 Å². The molecule has 0 saturated carbocycles. The molecule has 24 heavy (non-hydrogen) atoms. The van der Waals surface area contributed by atoms with Crippen LogP contribution < -0.4 is 15.5 Å². The Hall–Kier alpha value is -2.33. The van der Waals surface area contributed by atoms with Gasteiger partial charge in [0.25, 0.3) is 0 Å². The van der Waals surface area contributed by atoms with Gasteiger partial charge in [0.2, 0.25) is 5.91 Å². The minimum absolute atomic E-state index is 0.0216. The molecule has 3 rings (SSSR count). The van der Waals surface area contributed by atoms with Crippen molar-refractivity contribution in [1.29, 1.82) is 0 Å². The molecule has 1 aliphatic heterocycles. The molecule has 1 amide bonds. The van der Waals surface area contributed by atoms with Crippen molar-refractivity contribution in [1.82, 2.24) is 5.32 Å². The molecule has 2 N–H and O–H groups in total. The predicted octanol–water partition coefficient (Wildman–Crippen LogP) is 3.58. The summed E-state index contributed by atoms with van der Waals surface area (Å²) in [5, 5.41) is 6.20. The van der Waals surface area contributed by atoms with Crippen LogP contribution in [-0.4, -0.2) is 25.5 Å². The molecule has 126 valence electrons. The number of nitrogens with zero attached hydrogens (tertiary/aromatic N) is 1. The highest BCUT2D eigenvalue weighted by atomic mass is 16.1. The van der Waals surface area contributed by atoms with Crippen molar-refractivity contribution in [3.8, 4) is 0 Å². The molecular formula is C20H25N3O. The summed E-state index contributed by atoms with van der Waals surface area (Å²) >= 11 is 0. The molecule has 0 aromatic heterocycles. The first-order valence-corrected chi connectivity index (χ1v) is 8.65. The largest absolute Gasteiger partial charge is 0.372 e. The normalized spacial score (nSPS) is 15.3. The molecule has 2 aromatic rings.